The minimum Gasteiger partial charge on any atom is -0.508 e. The number of nitrogens with zero attached hydrogens (tertiary/aromatic N) is 1. The van der Waals surface area contributed by atoms with Gasteiger partial charge >= 0.3 is 0 Å². The minimum atomic E-state index is -0.417. The maximum Gasteiger partial charge on any atom is 0.247 e. The molecule has 1 unspecified atom stereocenters. The standard InChI is InChI=1S/C30H36N2O3/c1-8-23(27(16-17-33)28-18-21(5)10-15-26(28)20(3)4)19-32(7)29(9-2)30(35)31-25-13-11-24(12-14-25)22(6)34/h10-19,29,34H,3,6,8-9H2,1-2,4-5,7H3,(H,31,35)/b23-19-,27-16+. The largest absolute Gasteiger partial charge is 0.508 e. The Balaban J connectivity index is 2.38. The molecule has 1 amide bonds. The third kappa shape index (κ3) is 7.06. The van der Waals surface area contributed by atoms with Crippen molar-refractivity contribution in [2.75, 3.05) is 12.4 Å². The number of hydrogen-bond donors (Lipinski definition) is 2. The second kappa shape index (κ2) is 12.6. The zero-order valence-corrected chi connectivity index (χ0v) is 21.4. The van der Waals surface area contributed by atoms with Crippen LogP contribution in [0.2, 0.25) is 0 Å². The van der Waals surface area contributed by atoms with Crippen LogP contribution in [0, 0.1) is 6.92 Å². The summed E-state index contributed by atoms with van der Waals surface area (Å²) in [6, 6.07) is 12.6. The molecule has 0 heterocycles. The van der Waals surface area contributed by atoms with Gasteiger partial charge in [-0.25, -0.2) is 0 Å². The number of aliphatic hydroxyl groups is 1. The van der Waals surface area contributed by atoms with Crippen LogP contribution in [0.5, 0.6) is 0 Å². The number of carbonyl (C=O) groups excluding carboxylic acids is 2. The summed E-state index contributed by atoms with van der Waals surface area (Å²) >= 11 is 0. The number of allylic oxidation sites excluding steroid dienone is 4. The summed E-state index contributed by atoms with van der Waals surface area (Å²) in [6.07, 6.45) is 5.61. The number of nitrogens with one attached hydrogen (secondary N) is 1. The van der Waals surface area contributed by atoms with Gasteiger partial charge in [0.05, 0.1) is 0 Å². The molecular formula is C30H36N2O3. The summed E-state index contributed by atoms with van der Waals surface area (Å²) in [6.45, 7) is 15.6. The van der Waals surface area contributed by atoms with Crippen molar-refractivity contribution in [3.63, 3.8) is 0 Å². The van der Waals surface area contributed by atoms with Gasteiger partial charge in [-0.1, -0.05) is 56.3 Å². The molecule has 2 aromatic carbocycles. The second-order valence-corrected chi connectivity index (χ2v) is 8.66. The van der Waals surface area contributed by atoms with E-state index in [1.54, 1.807) is 30.3 Å². The van der Waals surface area contributed by atoms with E-state index in [1.807, 2.05) is 58.0 Å². The molecule has 0 aromatic heterocycles. The van der Waals surface area contributed by atoms with E-state index in [0.717, 1.165) is 39.7 Å². The van der Waals surface area contributed by atoms with Gasteiger partial charge in [-0.15, -0.1) is 0 Å². The highest BCUT2D eigenvalue weighted by atomic mass is 16.3. The Morgan fingerprint density at radius 3 is 2.29 bits per heavy atom. The van der Waals surface area contributed by atoms with Crippen LogP contribution in [0.25, 0.3) is 16.9 Å². The fraction of sp³-hybridized carbons (Fsp3) is 0.267. The molecule has 0 radical (unpaired) electrons. The first kappa shape index (κ1) is 27.4. The van der Waals surface area contributed by atoms with Crippen LogP contribution in [0.3, 0.4) is 0 Å². The Labute approximate surface area is 209 Å². The first-order chi connectivity index (χ1) is 16.6. The summed E-state index contributed by atoms with van der Waals surface area (Å²) in [4.78, 5) is 26.6. The molecule has 0 bridgehead atoms. The maximum atomic E-state index is 13.1. The minimum absolute atomic E-state index is 0.0196. The predicted octanol–water partition coefficient (Wildman–Crippen LogP) is 6.78. The van der Waals surface area contributed by atoms with E-state index in [0.29, 0.717) is 24.1 Å². The molecule has 0 fully saturated rings. The summed E-state index contributed by atoms with van der Waals surface area (Å²) in [7, 11) is 1.87. The van der Waals surface area contributed by atoms with Crippen molar-refractivity contribution in [3.05, 3.63) is 95.7 Å². The molecular weight excluding hydrogens is 436 g/mol. The molecule has 0 aliphatic heterocycles. The third-order valence-electron chi connectivity index (χ3n) is 5.91. The average molecular weight is 473 g/mol. The molecule has 5 nitrogen and oxygen atoms in total. The average Bonchev–Trinajstić information content (AvgIpc) is 2.81. The molecule has 0 aliphatic carbocycles. The molecule has 35 heavy (non-hydrogen) atoms. The summed E-state index contributed by atoms with van der Waals surface area (Å²) in [5.74, 6) is -0.162. The van der Waals surface area contributed by atoms with E-state index in [-0.39, 0.29) is 11.7 Å². The number of aldehydes is 1. The fourth-order valence-electron chi connectivity index (χ4n) is 4.01. The van der Waals surface area contributed by atoms with Gasteiger partial charge in [0.25, 0.3) is 0 Å². The van der Waals surface area contributed by atoms with Gasteiger partial charge in [0.15, 0.2) is 0 Å². The first-order valence-corrected chi connectivity index (χ1v) is 11.8. The summed E-state index contributed by atoms with van der Waals surface area (Å²) < 4.78 is 0. The molecule has 0 aliphatic rings. The number of benzene rings is 2. The first-order valence-electron chi connectivity index (χ1n) is 11.8. The monoisotopic (exact) mass is 472 g/mol. The van der Waals surface area contributed by atoms with Gasteiger partial charge in [-0.3, -0.25) is 9.59 Å². The highest BCUT2D eigenvalue weighted by molar-refractivity contribution is 5.95. The van der Waals surface area contributed by atoms with Crippen molar-refractivity contribution in [3.8, 4) is 0 Å². The number of anilines is 1. The van der Waals surface area contributed by atoms with Crippen molar-refractivity contribution in [1.29, 1.82) is 0 Å². The zero-order valence-electron chi connectivity index (χ0n) is 21.4. The molecule has 1 atom stereocenters. The number of likely N-dealkylation sites (N-methyl/N-ethyl adjacent to an activating group) is 1. The molecule has 2 aromatic rings. The maximum absolute atomic E-state index is 13.1. The van der Waals surface area contributed by atoms with E-state index in [4.69, 9.17) is 0 Å². The lowest BCUT2D eigenvalue weighted by atomic mass is 9.89. The molecule has 5 heteroatoms. The quantitative estimate of drug-likeness (QED) is 0.164. The van der Waals surface area contributed by atoms with Crippen molar-refractivity contribution < 1.29 is 14.7 Å². The zero-order chi connectivity index (χ0) is 26.1. The molecule has 0 saturated heterocycles. The van der Waals surface area contributed by atoms with Crippen LogP contribution in [0.1, 0.15) is 55.9 Å². The predicted molar refractivity (Wildman–Crippen MR) is 147 cm³/mol. The van der Waals surface area contributed by atoms with E-state index in [1.165, 1.54) is 0 Å². The van der Waals surface area contributed by atoms with Gasteiger partial charge in [0.2, 0.25) is 5.91 Å². The molecule has 2 N–H and O–H groups in total. The van der Waals surface area contributed by atoms with Gasteiger partial charge < -0.3 is 15.3 Å². The highest BCUT2D eigenvalue weighted by Crippen LogP contribution is 2.32. The molecule has 0 spiro atoms. The lowest BCUT2D eigenvalue weighted by Gasteiger charge is -2.27. The van der Waals surface area contributed by atoms with Crippen molar-refractivity contribution in [1.82, 2.24) is 4.90 Å². The van der Waals surface area contributed by atoms with Gasteiger partial charge in [0.1, 0.15) is 18.1 Å². The van der Waals surface area contributed by atoms with E-state index in [9.17, 15) is 14.7 Å². The van der Waals surface area contributed by atoms with Crippen LogP contribution in [0.4, 0.5) is 5.69 Å². The molecule has 184 valence electrons. The second-order valence-electron chi connectivity index (χ2n) is 8.66. The number of amides is 1. The van der Waals surface area contributed by atoms with Gasteiger partial charge in [-0.2, -0.15) is 0 Å². The number of rotatable bonds is 11. The Bertz CT molecular complexity index is 1160. The number of hydrogen-bond acceptors (Lipinski definition) is 4. The van der Waals surface area contributed by atoms with Crippen LogP contribution in [0.15, 0.2) is 73.5 Å². The van der Waals surface area contributed by atoms with E-state index < -0.39 is 6.04 Å². The van der Waals surface area contributed by atoms with Gasteiger partial charge in [0, 0.05) is 24.5 Å². The highest BCUT2D eigenvalue weighted by Gasteiger charge is 2.21. The Kier molecular flexibility index (Phi) is 9.83. The number of carbonyl (C=O) groups is 2. The van der Waals surface area contributed by atoms with Crippen molar-refractivity contribution in [2.24, 2.45) is 0 Å². The summed E-state index contributed by atoms with van der Waals surface area (Å²) in [5, 5.41) is 12.4. The van der Waals surface area contributed by atoms with Crippen LogP contribution in [-0.2, 0) is 9.59 Å². The molecule has 0 saturated carbocycles. The normalized spacial score (nSPS) is 12.6. The SMILES string of the molecule is C=C(O)c1ccc(NC(=O)C(CC)N(C)/C=C(CC)\C(=C/C=O)c2cc(C)ccc2C(=C)C)cc1. The van der Waals surface area contributed by atoms with Crippen LogP contribution in [-0.4, -0.2) is 35.3 Å². The number of aliphatic hydroxyl groups excluding tert-OH is 1. The van der Waals surface area contributed by atoms with Crippen molar-refractivity contribution in [2.45, 2.75) is 46.6 Å². The smallest absolute Gasteiger partial charge is 0.247 e. The fourth-order valence-corrected chi connectivity index (χ4v) is 4.01. The van der Waals surface area contributed by atoms with Crippen LogP contribution >= 0.6 is 0 Å². The topological polar surface area (TPSA) is 69.6 Å². The lowest BCUT2D eigenvalue weighted by Crippen LogP contribution is -2.38. The Morgan fingerprint density at radius 2 is 1.77 bits per heavy atom. The number of aryl methyl sites for hydroxylation is 1. The lowest BCUT2D eigenvalue weighted by molar-refractivity contribution is -0.120. The Hall–Kier alpha value is -3.86. The van der Waals surface area contributed by atoms with Crippen LogP contribution < -0.4 is 5.32 Å². The summed E-state index contributed by atoms with van der Waals surface area (Å²) in [5.41, 5.74) is 6.96. The molecule has 2 rings (SSSR count). The van der Waals surface area contributed by atoms with Crippen molar-refractivity contribution >= 4 is 34.8 Å². The van der Waals surface area contributed by atoms with E-state index >= 15 is 0 Å². The van der Waals surface area contributed by atoms with Gasteiger partial charge in [-0.05, 0) is 79.3 Å². The Morgan fingerprint density at radius 1 is 1.11 bits per heavy atom. The third-order valence-corrected chi connectivity index (χ3v) is 5.91. The van der Waals surface area contributed by atoms with E-state index in [2.05, 4.69) is 24.5 Å².